The summed E-state index contributed by atoms with van der Waals surface area (Å²) in [5.41, 5.74) is 2.65. The number of amides is 1. The third kappa shape index (κ3) is 5.02. The van der Waals surface area contributed by atoms with Crippen molar-refractivity contribution in [2.45, 2.75) is 32.2 Å². The number of benzene rings is 2. The lowest BCUT2D eigenvalue weighted by atomic mass is 9.86. The van der Waals surface area contributed by atoms with Crippen molar-refractivity contribution in [3.63, 3.8) is 0 Å². The molecule has 0 saturated heterocycles. The van der Waals surface area contributed by atoms with Gasteiger partial charge in [-0.2, -0.15) is 0 Å². The molecule has 4 heteroatoms. The van der Waals surface area contributed by atoms with Crippen LogP contribution in [0.4, 0.5) is 0 Å². The Morgan fingerprint density at radius 3 is 2.04 bits per heavy atom. The fraction of sp³-hybridized carbons (Fsp3) is 0.364. The van der Waals surface area contributed by atoms with Crippen molar-refractivity contribution < 1.29 is 9.59 Å². The van der Waals surface area contributed by atoms with Crippen LogP contribution in [0.1, 0.15) is 48.3 Å². The van der Waals surface area contributed by atoms with Crippen LogP contribution in [-0.4, -0.2) is 37.2 Å². The van der Waals surface area contributed by atoms with Crippen molar-refractivity contribution >= 4 is 11.7 Å². The van der Waals surface area contributed by atoms with Gasteiger partial charge in [0.2, 0.25) is 5.78 Å². The molecule has 0 aliphatic heterocycles. The minimum atomic E-state index is -0.573. The first-order valence-electron chi connectivity index (χ1n) is 8.84. The average Bonchev–Trinajstić information content (AvgIpc) is 2.61. The van der Waals surface area contributed by atoms with Crippen molar-refractivity contribution in [1.82, 2.24) is 10.2 Å². The number of ketones is 1. The van der Waals surface area contributed by atoms with Gasteiger partial charge in [0, 0.05) is 12.1 Å². The van der Waals surface area contributed by atoms with Gasteiger partial charge in [0.05, 0.1) is 6.04 Å². The smallest absolute Gasteiger partial charge is 0.292 e. The Kier molecular flexibility index (Phi) is 6.32. The minimum absolute atomic E-state index is 0.0104. The molecule has 0 aliphatic carbocycles. The van der Waals surface area contributed by atoms with E-state index in [1.54, 1.807) is 12.1 Å². The van der Waals surface area contributed by atoms with Crippen LogP contribution < -0.4 is 5.32 Å². The zero-order chi connectivity index (χ0) is 19.3. The maximum Gasteiger partial charge on any atom is 0.292 e. The number of carbonyl (C=O) groups is 2. The van der Waals surface area contributed by atoms with Gasteiger partial charge in [-0.15, -0.1) is 0 Å². The number of hydrogen-bond donors (Lipinski definition) is 1. The summed E-state index contributed by atoms with van der Waals surface area (Å²) in [7, 11) is 3.91. The first-order chi connectivity index (χ1) is 12.2. The van der Waals surface area contributed by atoms with E-state index < -0.39 is 11.7 Å². The zero-order valence-electron chi connectivity index (χ0n) is 16.2. The third-order valence-corrected chi connectivity index (χ3v) is 4.48. The molecule has 1 amide bonds. The van der Waals surface area contributed by atoms with Gasteiger partial charge < -0.3 is 10.2 Å². The summed E-state index contributed by atoms with van der Waals surface area (Å²) in [5, 5.41) is 2.78. The maximum atomic E-state index is 12.4. The second-order valence-electron chi connectivity index (χ2n) is 7.76. The van der Waals surface area contributed by atoms with Crippen LogP contribution in [0.5, 0.6) is 0 Å². The van der Waals surface area contributed by atoms with Crippen LogP contribution in [0, 0.1) is 0 Å². The van der Waals surface area contributed by atoms with Gasteiger partial charge in [0.1, 0.15) is 0 Å². The highest BCUT2D eigenvalue weighted by Crippen LogP contribution is 2.22. The molecule has 0 spiro atoms. The summed E-state index contributed by atoms with van der Waals surface area (Å²) in [4.78, 5) is 26.7. The van der Waals surface area contributed by atoms with Crippen molar-refractivity contribution in [3.05, 3.63) is 71.3 Å². The topological polar surface area (TPSA) is 49.4 Å². The molecule has 0 saturated carbocycles. The van der Waals surface area contributed by atoms with E-state index in [1.807, 2.05) is 61.5 Å². The second-order valence-corrected chi connectivity index (χ2v) is 7.76. The molecule has 0 heterocycles. The minimum Gasteiger partial charge on any atom is -0.347 e. The number of Topliss-reactive ketones (excluding diaryl/α,β-unsaturated/α-hetero) is 1. The number of hydrogen-bond acceptors (Lipinski definition) is 3. The lowest BCUT2D eigenvalue weighted by molar-refractivity contribution is -0.117. The predicted molar refractivity (Wildman–Crippen MR) is 105 cm³/mol. The molecule has 2 rings (SSSR count). The molecule has 2 aromatic rings. The summed E-state index contributed by atoms with van der Waals surface area (Å²) in [6, 6.07) is 17.2. The number of nitrogens with zero attached hydrogens (tertiary/aromatic N) is 1. The molecular formula is C22H28N2O2. The van der Waals surface area contributed by atoms with Gasteiger partial charge in [-0.05, 0) is 30.6 Å². The Labute approximate surface area is 156 Å². The van der Waals surface area contributed by atoms with E-state index in [4.69, 9.17) is 0 Å². The number of rotatable bonds is 6. The van der Waals surface area contributed by atoms with Gasteiger partial charge in [0.25, 0.3) is 5.91 Å². The number of carbonyl (C=O) groups excluding carboxylic acids is 2. The van der Waals surface area contributed by atoms with Crippen LogP contribution in [-0.2, 0) is 10.2 Å². The van der Waals surface area contributed by atoms with E-state index in [-0.39, 0.29) is 11.5 Å². The largest absolute Gasteiger partial charge is 0.347 e. The Hall–Kier alpha value is -2.46. The van der Waals surface area contributed by atoms with Crippen molar-refractivity contribution in [2.24, 2.45) is 0 Å². The Balaban J connectivity index is 2.03. The van der Waals surface area contributed by atoms with Crippen molar-refractivity contribution in [1.29, 1.82) is 0 Å². The van der Waals surface area contributed by atoms with Crippen LogP contribution >= 0.6 is 0 Å². The fourth-order valence-corrected chi connectivity index (χ4v) is 2.80. The maximum absolute atomic E-state index is 12.4. The van der Waals surface area contributed by atoms with Crippen molar-refractivity contribution in [3.8, 4) is 0 Å². The van der Waals surface area contributed by atoms with Gasteiger partial charge >= 0.3 is 0 Å². The lowest BCUT2D eigenvalue weighted by Gasteiger charge is -2.25. The first-order valence-corrected chi connectivity index (χ1v) is 8.84. The van der Waals surface area contributed by atoms with E-state index in [0.717, 1.165) is 11.1 Å². The predicted octanol–water partition coefficient (Wildman–Crippen LogP) is 3.59. The van der Waals surface area contributed by atoms with Gasteiger partial charge in [-0.25, -0.2) is 0 Å². The van der Waals surface area contributed by atoms with Gasteiger partial charge in [-0.3, -0.25) is 9.59 Å². The zero-order valence-corrected chi connectivity index (χ0v) is 16.2. The van der Waals surface area contributed by atoms with E-state index in [9.17, 15) is 9.59 Å². The second kappa shape index (κ2) is 8.28. The molecule has 0 fully saturated rings. The summed E-state index contributed by atoms with van der Waals surface area (Å²) in [6.45, 7) is 6.71. The summed E-state index contributed by atoms with van der Waals surface area (Å²) in [5.74, 6) is -1.08. The molecule has 0 bridgehead atoms. The Morgan fingerprint density at radius 2 is 1.54 bits per heavy atom. The van der Waals surface area contributed by atoms with Gasteiger partial charge in [0.15, 0.2) is 0 Å². The first kappa shape index (κ1) is 19.9. The molecule has 138 valence electrons. The number of nitrogens with one attached hydrogen (secondary N) is 1. The molecule has 2 aromatic carbocycles. The molecular weight excluding hydrogens is 324 g/mol. The molecule has 1 atom stereocenters. The van der Waals surface area contributed by atoms with E-state index in [1.165, 1.54) is 0 Å². The Morgan fingerprint density at radius 1 is 0.962 bits per heavy atom. The SMILES string of the molecule is CN(C)C(CNC(=O)C(=O)c1ccc(C(C)(C)C)cc1)c1ccccc1. The summed E-state index contributed by atoms with van der Waals surface area (Å²) >= 11 is 0. The van der Waals surface area contributed by atoms with Crippen LogP contribution in [0.25, 0.3) is 0 Å². The highest BCUT2D eigenvalue weighted by molar-refractivity contribution is 6.42. The van der Waals surface area contributed by atoms with Crippen LogP contribution in [0.15, 0.2) is 54.6 Å². The highest BCUT2D eigenvalue weighted by Gasteiger charge is 2.21. The van der Waals surface area contributed by atoms with Crippen molar-refractivity contribution in [2.75, 3.05) is 20.6 Å². The Bertz CT molecular complexity index is 744. The number of likely N-dealkylation sites (N-methyl/N-ethyl adjacent to an activating group) is 1. The molecule has 0 radical (unpaired) electrons. The average molecular weight is 352 g/mol. The van der Waals surface area contributed by atoms with Crippen LogP contribution in [0.2, 0.25) is 0 Å². The normalized spacial score (nSPS) is 12.7. The molecule has 4 nitrogen and oxygen atoms in total. The molecule has 26 heavy (non-hydrogen) atoms. The quantitative estimate of drug-likeness (QED) is 0.638. The third-order valence-electron chi connectivity index (χ3n) is 4.48. The fourth-order valence-electron chi connectivity index (χ4n) is 2.80. The van der Waals surface area contributed by atoms with E-state index in [0.29, 0.717) is 12.1 Å². The van der Waals surface area contributed by atoms with E-state index in [2.05, 4.69) is 26.1 Å². The molecule has 1 N–H and O–H groups in total. The highest BCUT2D eigenvalue weighted by atomic mass is 16.2. The summed E-state index contributed by atoms with van der Waals surface area (Å²) < 4.78 is 0. The molecule has 1 unspecified atom stereocenters. The monoisotopic (exact) mass is 352 g/mol. The standard InChI is InChI=1S/C22H28N2O2/c1-22(2,3)18-13-11-17(12-14-18)20(25)21(26)23-15-19(24(4)5)16-9-7-6-8-10-16/h6-14,19H,15H2,1-5H3,(H,23,26). The summed E-state index contributed by atoms with van der Waals surface area (Å²) in [6.07, 6.45) is 0. The molecule has 0 aromatic heterocycles. The molecule has 0 aliphatic rings. The van der Waals surface area contributed by atoms with Gasteiger partial charge in [-0.1, -0.05) is 75.4 Å². The van der Waals surface area contributed by atoms with E-state index >= 15 is 0 Å². The lowest BCUT2D eigenvalue weighted by Crippen LogP contribution is -2.38. The van der Waals surface area contributed by atoms with Crippen LogP contribution in [0.3, 0.4) is 0 Å².